The molecule has 0 saturated heterocycles. The summed E-state index contributed by atoms with van der Waals surface area (Å²) < 4.78 is 18.8. The van der Waals surface area contributed by atoms with Crippen LogP contribution in [-0.4, -0.2) is 24.6 Å². The van der Waals surface area contributed by atoms with Crippen LogP contribution in [0.15, 0.2) is 42.5 Å². The van der Waals surface area contributed by atoms with Crippen molar-refractivity contribution in [2.45, 2.75) is 13.0 Å². The zero-order chi connectivity index (χ0) is 16.8. The molecule has 0 aliphatic carbocycles. The molecule has 1 unspecified atom stereocenters. The fourth-order valence-electron chi connectivity index (χ4n) is 2.15. The zero-order valence-electron chi connectivity index (χ0n) is 12.9. The Morgan fingerprint density at radius 1 is 1.30 bits per heavy atom. The van der Waals surface area contributed by atoms with Crippen molar-refractivity contribution in [3.05, 3.63) is 58.4 Å². The average Bonchev–Trinajstić information content (AvgIpc) is 2.52. The van der Waals surface area contributed by atoms with Crippen molar-refractivity contribution in [1.82, 2.24) is 0 Å². The van der Waals surface area contributed by atoms with Crippen LogP contribution in [0.4, 0.5) is 21.5 Å². The first kappa shape index (κ1) is 16.5. The number of nitro benzene ring substituents is 1. The summed E-state index contributed by atoms with van der Waals surface area (Å²) in [6, 6.07) is 12.0. The van der Waals surface area contributed by atoms with Crippen molar-refractivity contribution in [3.63, 3.8) is 0 Å². The molecule has 2 aromatic carbocycles. The monoisotopic (exact) mass is 319 g/mol. The van der Waals surface area contributed by atoms with Gasteiger partial charge in [0.2, 0.25) is 5.82 Å². The Labute approximate surface area is 133 Å². The maximum absolute atomic E-state index is 13.8. The topological polar surface area (TPSA) is 76.4 Å². The van der Waals surface area contributed by atoms with Gasteiger partial charge in [0, 0.05) is 30.4 Å². The predicted molar refractivity (Wildman–Crippen MR) is 87.6 cm³/mol. The lowest BCUT2D eigenvalue weighted by Gasteiger charge is -2.17. The quantitative estimate of drug-likeness (QED) is 0.602. The Bertz CT molecular complexity index is 680. The lowest BCUT2D eigenvalue weighted by molar-refractivity contribution is -0.386. The molecule has 0 aliphatic rings. The molecule has 0 bridgehead atoms. The zero-order valence-corrected chi connectivity index (χ0v) is 12.9. The average molecular weight is 319 g/mol. The van der Waals surface area contributed by atoms with Crippen LogP contribution in [0.2, 0.25) is 0 Å². The summed E-state index contributed by atoms with van der Waals surface area (Å²) in [6.07, 6.45) is 0. The number of rotatable bonds is 7. The highest BCUT2D eigenvalue weighted by molar-refractivity contribution is 5.65. The number of hydrogen-bond donors (Lipinski definition) is 2. The van der Waals surface area contributed by atoms with Gasteiger partial charge < -0.3 is 15.4 Å². The van der Waals surface area contributed by atoms with E-state index in [0.717, 1.165) is 11.8 Å². The number of hydrogen-bond acceptors (Lipinski definition) is 5. The highest BCUT2D eigenvalue weighted by Crippen LogP contribution is 2.32. The van der Waals surface area contributed by atoms with Gasteiger partial charge in [0.1, 0.15) is 11.4 Å². The summed E-state index contributed by atoms with van der Waals surface area (Å²) in [5, 5.41) is 17.2. The summed E-state index contributed by atoms with van der Waals surface area (Å²) in [4.78, 5) is 10.3. The maximum Gasteiger partial charge on any atom is 0.327 e. The smallest absolute Gasteiger partial charge is 0.327 e. The van der Waals surface area contributed by atoms with E-state index in [1.165, 1.54) is 13.2 Å². The highest BCUT2D eigenvalue weighted by atomic mass is 19.1. The van der Waals surface area contributed by atoms with E-state index >= 15 is 0 Å². The van der Waals surface area contributed by atoms with Crippen molar-refractivity contribution in [3.8, 4) is 5.75 Å². The van der Waals surface area contributed by atoms with Crippen molar-refractivity contribution < 1.29 is 14.1 Å². The minimum Gasteiger partial charge on any atom is -0.497 e. The van der Waals surface area contributed by atoms with E-state index in [1.807, 2.05) is 37.3 Å². The number of nitrogens with one attached hydrogen (secondary N) is 2. The largest absolute Gasteiger partial charge is 0.497 e. The van der Waals surface area contributed by atoms with Gasteiger partial charge in [0.15, 0.2) is 0 Å². The number of nitro groups is 1. The molecule has 0 radical (unpaired) electrons. The van der Waals surface area contributed by atoms with Gasteiger partial charge in [0.25, 0.3) is 0 Å². The van der Waals surface area contributed by atoms with Crippen molar-refractivity contribution >= 4 is 17.1 Å². The first-order valence-corrected chi connectivity index (χ1v) is 7.08. The molecule has 122 valence electrons. The van der Waals surface area contributed by atoms with Gasteiger partial charge in [-0.1, -0.05) is 18.2 Å². The molecule has 0 aliphatic heterocycles. The van der Waals surface area contributed by atoms with Gasteiger partial charge in [0.05, 0.1) is 12.0 Å². The van der Waals surface area contributed by atoms with E-state index in [4.69, 9.17) is 4.74 Å². The fourth-order valence-corrected chi connectivity index (χ4v) is 2.15. The van der Waals surface area contributed by atoms with E-state index in [1.54, 1.807) is 0 Å². The fraction of sp³-hybridized carbons (Fsp3) is 0.250. The summed E-state index contributed by atoms with van der Waals surface area (Å²) in [6.45, 7) is 2.30. The SMILES string of the molecule is COc1cc(F)c([N+](=O)[O-])c(NCC(C)Nc2ccccc2)c1. The molecule has 23 heavy (non-hydrogen) atoms. The number of halogens is 1. The van der Waals surface area contributed by atoms with Crippen LogP contribution in [0.25, 0.3) is 0 Å². The van der Waals surface area contributed by atoms with E-state index < -0.39 is 16.4 Å². The Morgan fingerprint density at radius 3 is 2.61 bits per heavy atom. The minimum atomic E-state index is -0.930. The Hall–Kier alpha value is -2.83. The summed E-state index contributed by atoms with van der Waals surface area (Å²) in [7, 11) is 1.38. The molecule has 1 atom stereocenters. The van der Waals surface area contributed by atoms with Crippen molar-refractivity contribution in [2.75, 3.05) is 24.3 Å². The van der Waals surface area contributed by atoms with Crippen LogP contribution in [0.1, 0.15) is 6.92 Å². The van der Waals surface area contributed by atoms with Crippen LogP contribution >= 0.6 is 0 Å². The molecule has 0 spiro atoms. The molecule has 0 amide bonds. The van der Waals surface area contributed by atoms with E-state index in [0.29, 0.717) is 6.54 Å². The molecule has 2 aromatic rings. The second kappa shape index (κ2) is 7.44. The van der Waals surface area contributed by atoms with Crippen LogP contribution < -0.4 is 15.4 Å². The molecule has 0 heterocycles. The van der Waals surface area contributed by atoms with E-state index in [9.17, 15) is 14.5 Å². The molecule has 0 saturated carbocycles. The summed E-state index contributed by atoms with van der Waals surface area (Å²) >= 11 is 0. The minimum absolute atomic E-state index is 0.0220. The molecule has 0 aromatic heterocycles. The number of para-hydroxylation sites is 1. The standard InChI is InChI=1S/C16H18FN3O3/c1-11(19-12-6-4-3-5-7-12)10-18-15-9-13(23-2)8-14(17)16(15)20(21)22/h3-9,11,18-19H,10H2,1-2H3. The molecule has 7 heteroatoms. The Morgan fingerprint density at radius 2 is 2.00 bits per heavy atom. The molecule has 2 N–H and O–H groups in total. The third kappa shape index (κ3) is 4.32. The first-order valence-electron chi connectivity index (χ1n) is 7.08. The molecular weight excluding hydrogens is 301 g/mol. The van der Waals surface area contributed by atoms with Gasteiger partial charge in [-0.2, -0.15) is 4.39 Å². The molecule has 6 nitrogen and oxygen atoms in total. The number of methoxy groups -OCH3 is 1. The van der Waals surface area contributed by atoms with Crippen LogP contribution in [-0.2, 0) is 0 Å². The van der Waals surface area contributed by atoms with Crippen LogP contribution in [0.5, 0.6) is 5.75 Å². The van der Waals surface area contributed by atoms with Crippen molar-refractivity contribution in [2.24, 2.45) is 0 Å². The van der Waals surface area contributed by atoms with Crippen LogP contribution in [0.3, 0.4) is 0 Å². The first-order chi connectivity index (χ1) is 11.0. The van der Waals surface area contributed by atoms with Gasteiger partial charge in [-0.25, -0.2) is 0 Å². The molecule has 0 fully saturated rings. The van der Waals surface area contributed by atoms with E-state index in [-0.39, 0.29) is 17.5 Å². The number of anilines is 2. The predicted octanol–water partition coefficient (Wildman–Crippen LogP) is 3.66. The summed E-state index contributed by atoms with van der Waals surface area (Å²) in [5.41, 5.74) is 0.444. The lowest BCUT2D eigenvalue weighted by Crippen LogP contribution is -2.25. The maximum atomic E-state index is 13.8. The second-order valence-corrected chi connectivity index (χ2v) is 5.05. The lowest BCUT2D eigenvalue weighted by atomic mass is 10.2. The number of ether oxygens (including phenoxy) is 1. The van der Waals surface area contributed by atoms with Gasteiger partial charge in [-0.3, -0.25) is 10.1 Å². The third-order valence-electron chi connectivity index (χ3n) is 3.24. The Balaban J connectivity index is 2.10. The van der Waals surface area contributed by atoms with Crippen LogP contribution in [0, 0.1) is 15.9 Å². The third-order valence-corrected chi connectivity index (χ3v) is 3.24. The normalized spacial score (nSPS) is 11.6. The highest BCUT2D eigenvalue weighted by Gasteiger charge is 2.22. The number of nitrogens with zero attached hydrogens (tertiary/aromatic N) is 1. The van der Waals surface area contributed by atoms with E-state index in [2.05, 4.69) is 10.6 Å². The van der Waals surface area contributed by atoms with Gasteiger partial charge >= 0.3 is 5.69 Å². The van der Waals surface area contributed by atoms with Gasteiger partial charge in [-0.15, -0.1) is 0 Å². The molecule has 2 rings (SSSR count). The van der Waals surface area contributed by atoms with Gasteiger partial charge in [-0.05, 0) is 19.1 Å². The summed E-state index contributed by atoms with van der Waals surface area (Å²) in [5.74, 6) is -0.709. The van der Waals surface area contributed by atoms with Crippen molar-refractivity contribution in [1.29, 1.82) is 0 Å². The second-order valence-electron chi connectivity index (χ2n) is 5.05. The molecular formula is C16H18FN3O3. The Kier molecular flexibility index (Phi) is 5.35. The number of benzene rings is 2.